The first kappa shape index (κ1) is 19.3. The van der Waals surface area contributed by atoms with Crippen LogP contribution in [-0.4, -0.2) is 42.7 Å². The summed E-state index contributed by atoms with van der Waals surface area (Å²) < 4.78 is 23.0. The van der Waals surface area contributed by atoms with Crippen LogP contribution in [0.25, 0.3) is 5.69 Å². The van der Waals surface area contributed by atoms with E-state index in [-0.39, 0.29) is 18.9 Å². The van der Waals surface area contributed by atoms with Crippen LogP contribution >= 0.6 is 0 Å². The smallest absolute Gasteiger partial charge is 0.362 e. The standard InChI is InChI=1S/C21H22N2O5/c1-3-26-17-9-11-18(12-10-17)27-13-14-28-21(24)20-19(25-2)15-23(22-20)16-7-5-4-6-8-16/h4-12,15H,3,13-14H2,1-2H3. The number of nitrogens with zero attached hydrogens (tertiary/aromatic N) is 2. The van der Waals surface area contributed by atoms with Crippen molar-refractivity contribution in [1.29, 1.82) is 0 Å². The van der Waals surface area contributed by atoms with Crippen molar-refractivity contribution >= 4 is 5.97 Å². The third-order valence-electron chi connectivity index (χ3n) is 3.83. The molecule has 0 radical (unpaired) electrons. The van der Waals surface area contributed by atoms with Crippen molar-refractivity contribution in [3.05, 3.63) is 66.5 Å². The van der Waals surface area contributed by atoms with E-state index in [1.807, 2.05) is 49.4 Å². The maximum atomic E-state index is 12.3. The Labute approximate surface area is 163 Å². The second-order valence-corrected chi connectivity index (χ2v) is 5.71. The van der Waals surface area contributed by atoms with Crippen molar-refractivity contribution < 1.29 is 23.7 Å². The van der Waals surface area contributed by atoms with E-state index in [0.717, 1.165) is 11.4 Å². The number of esters is 1. The molecule has 0 amide bonds. The average Bonchev–Trinajstić information content (AvgIpc) is 3.18. The van der Waals surface area contributed by atoms with Gasteiger partial charge in [0.25, 0.3) is 0 Å². The Morgan fingerprint density at radius 3 is 2.29 bits per heavy atom. The molecule has 7 heteroatoms. The van der Waals surface area contributed by atoms with Gasteiger partial charge in [-0.25, -0.2) is 9.48 Å². The fraction of sp³-hybridized carbons (Fsp3) is 0.238. The van der Waals surface area contributed by atoms with Crippen molar-refractivity contribution in [1.82, 2.24) is 9.78 Å². The number of para-hydroxylation sites is 1. The highest BCUT2D eigenvalue weighted by molar-refractivity contribution is 5.90. The Bertz CT molecular complexity index is 891. The van der Waals surface area contributed by atoms with Gasteiger partial charge in [-0.15, -0.1) is 0 Å². The number of methoxy groups -OCH3 is 1. The third kappa shape index (κ3) is 4.82. The fourth-order valence-corrected chi connectivity index (χ4v) is 2.52. The highest BCUT2D eigenvalue weighted by Gasteiger charge is 2.19. The molecule has 0 fully saturated rings. The molecule has 2 aromatic carbocycles. The van der Waals surface area contributed by atoms with E-state index in [0.29, 0.717) is 18.1 Å². The Morgan fingerprint density at radius 1 is 0.964 bits per heavy atom. The second kappa shape index (κ2) is 9.45. The minimum absolute atomic E-state index is 0.0907. The highest BCUT2D eigenvalue weighted by atomic mass is 16.6. The zero-order valence-electron chi connectivity index (χ0n) is 15.8. The van der Waals surface area contributed by atoms with Crippen LogP contribution in [0.1, 0.15) is 17.4 Å². The number of aromatic nitrogens is 2. The summed E-state index contributed by atoms with van der Waals surface area (Å²) in [7, 11) is 1.48. The summed E-state index contributed by atoms with van der Waals surface area (Å²) in [5.41, 5.74) is 0.936. The lowest BCUT2D eigenvalue weighted by atomic mass is 10.3. The number of ether oxygens (including phenoxy) is 4. The fourth-order valence-electron chi connectivity index (χ4n) is 2.52. The van der Waals surface area contributed by atoms with Crippen LogP contribution in [0.3, 0.4) is 0 Å². The van der Waals surface area contributed by atoms with Crippen LogP contribution in [0.15, 0.2) is 60.8 Å². The molecular formula is C21H22N2O5. The number of carbonyl (C=O) groups excluding carboxylic acids is 1. The molecule has 146 valence electrons. The summed E-state index contributed by atoms with van der Waals surface area (Å²) in [6, 6.07) is 16.7. The van der Waals surface area contributed by atoms with Crippen LogP contribution in [0.4, 0.5) is 0 Å². The van der Waals surface area contributed by atoms with Crippen molar-refractivity contribution in [2.75, 3.05) is 26.9 Å². The topological polar surface area (TPSA) is 71.8 Å². The summed E-state index contributed by atoms with van der Waals surface area (Å²) in [5, 5.41) is 4.28. The van der Waals surface area contributed by atoms with Crippen molar-refractivity contribution in [2.24, 2.45) is 0 Å². The van der Waals surface area contributed by atoms with Crippen molar-refractivity contribution in [3.8, 4) is 22.9 Å². The monoisotopic (exact) mass is 382 g/mol. The molecule has 3 aromatic rings. The number of hydrogen-bond acceptors (Lipinski definition) is 6. The summed E-state index contributed by atoms with van der Waals surface area (Å²) >= 11 is 0. The first-order chi connectivity index (χ1) is 13.7. The maximum Gasteiger partial charge on any atom is 0.362 e. The molecule has 0 aliphatic heterocycles. The van der Waals surface area contributed by atoms with Gasteiger partial charge in [0.2, 0.25) is 5.69 Å². The summed E-state index contributed by atoms with van der Waals surface area (Å²) in [4.78, 5) is 12.3. The first-order valence-electron chi connectivity index (χ1n) is 8.93. The number of hydrogen-bond donors (Lipinski definition) is 0. The van der Waals surface area contributed by atoms with Gasteiger partial charge in [0, 0.05) is 0 Å². The van der Waals surface area contributed by atoms with E-state index in [4.69, 9.17) is 18.9 Å². The van der Waals surface area contributed by atoms with Crippen LogP contribution in [0.5, 0.6) is 17.2 Å². The van der Waals surface area contributed by atoms with E-state index in [2.05, 4.69) is 5.10 Å². The molecule has 0 bridgehead atoms. The molecule has 7 nitrogen and oxygen atoms in total. The summed E-state index contributed by atoms with van der Waals surface area (Å²) in [6.07, 6.45) is 1.64. The van der Waals surface area contributed by atoms with Crippen LogP contribution in [0, 0.1) is 0 Å². The molecule has 0 aliphatic rings. The van der Waals surface area contributed by atoms with Crippen LogP contribution in [0.2, 0.25) is 0 Å². The molecular weight excluding hydrogens is 360 g/mol. The van der Waals surface area contributed by atoms with Crippen LogP contribution in [-0.2, 0) is 4.74 Å². The largest absolute Gasteiger partial charge is 0.494 e. The molecule has 0 spiro atoms. The lowest BCUT2D eigenvalue weighted by Crippen LogP contribution is -2.14. The minimum atomic E-state index is -0.568. The van der Waals surface area contributed by atoms with E-state index in [1.165, 1.54) is 7.11 Å². The SMILES string of the molecule is CCOc1ccc(OCCOC(=O)c2nn(-c3ccccc3)cc2OC)cc1. The maximum absolute atomic E-state index is 12.3. The quantitative estimate of drug-likeness (QED) is 0.417. The van der Waals surface area contributed by atoms with E-state index in [1.54, 1.807) is 23.0 Å². The Morgan fingerprint density at radius 2 is 1.64 bits per heavy atom. The highest BCUT2D eigenvalue weighted by Crippen LogP contribution is 2.20. The Balaban J connectivity index is 1.54. The van der Waals surface area contributed by atoms with Gasteiger partial charge in [-0.05, 0) is 43.3 Å². The Hall–Kier alpha value is -3.48. The molecule has 0 saturated carbocycles. The molecule has 0 N–H and O–H groups in total. The van der Waals surface area contributed by atoms with Gasteiger partial charge in [0.05, 0.1) is 25.6 Å². The normalized spacial score (nSPS) is 10.4. The zero-order valence-corrected chi connectivity index (χ0v) is 15.8. The molecule has 0 aliphatic carbocycles. The van der Waals surface area contributed by atoms with Gasteiger partial charge in [-0.2, -0.15) is 5.10 Å². The van der Waals surface area contributed by atoms with E-state index < -0.39 is 5.97 Å². The lowest BCUT2D eigenvalue weighted by Gasteiger charge is -2.08. The van der Waals surface area contributed by atoms with E-state index >= 15 is 0 Å². The van der Waals surface area contributed by atoms with Gasteiger partial charge in [-0.1, -0.05) is 18.2 Å². The molecule has 28 heavy (non-hydrogen) atoms. The lowest BCUT2D eigenvalue weighted by molar-refractivity contribution is 0.0439. The van der Waals surface area contributed by atoms with E-state index in [9.17, 15) is 4.79 Å². The zero-order chi connectivity index (χ0) is 19.8. The van der Waals surface area contributed by atoms with Gasteiger partial charge >= 0.3 is 5.97 Å². The molecule has 1 heterocycles. The second-order valence-electron chi connectivity index (χ2n) is 5.71. The number of carbonyl (C=O) groups is 1. The molecule has 1 aromatic heterocycles. The predicted octanol–water partition coefficient (Wildman–Crippen LogP) is 3.52. The molecule has 0 unspecified atom stereocenters. The molecule has 3 rings (SSSR count). The third-order valence-corrected chi connectivity index (χ3v) is 3.83. The molecule has 0 atom stereocenters. The van der Waals surface area contributed by atoms with Gasteiger partial charge in [0.15, 0.2) is 5.75 Å². The van der Waals surface area contributed by atoms with Crippen molar-refractivity contribution in [2.45, 2.75) is 6.92 Å². The molecule has 0 saturated heterocycles. The van der Waals surface area contributed by atoms with Crippen molar-refractivity contribution in [3.63, 3.8) is 0 Å². The summed E-state index contributed by atoms with van der Waals surface area (Å²) in [6.45, 7) is 2.85. The summed E-state index contributed by atoms with van der Waals surface area (Å²) in [5.74, 6) is 1.23. The Kier molecular flexibility index (Phi) is 6.51. The predicted molar refractivity (Wildman–Crippen MR) is 104 cm³/mol. The minimum Gasteiger partial charge on any atom is -0.494 e. The number of rotatable bonds is 9. The van der Waals surface area contributed by atoms with Gasteiger partial charge in [0.1, 0.15) is 24.7 Å². The van der Waals surface area contributed by atoms with Gasteiger partial charge < -0.3 is 18.9 Å². The average molecular weight is 382 g/mol. The van der Waals surface area contributed by atoms with Crippen LogP contribution < -0.4 is 14.2 Å². The number of benzene rings is 2. The van der Waals surface area contributed by atoms with Gasteiger partial charge in [-0.3, -0.25) is 0 Å². The first-order valence-corrected chi connectivity index (χ1v) is 8.93.